The Bertz CT molecular complexity index is 610. The first-order valence-corrected chi connectivity index (χ1v) is 7.19. The van der Waals surface area contributed by atoms with Crippen LogP contribution in [0, 0.1) is 11.8 Å². The van der Waals surface area contributed by atoms with Crippen LogP contribution in [-0.2, 0) is 9.53 Å². The van der Waals surface area contributed by atoms with Crippen LogP contribution in [0.2, 0.25) is 0 Å². The first kappa shape index (κ1) is 16.0. The van der Waals surface area contributed by atoms with Gasteiger partial charge in [-0.05, 0) is 30.5 Å². The number of rotatable bonds is 4. The molecule has 6 nitrogen and oxygen atoms in total. The molecule has 0 bridgehead atoms. The van der Waals surface area contributed by atoms with Gasteiger partial charge in [-0.2, -0.15) is 0 Å². The molecule has 0 radical (unpaired) electrons. The minimum absolute atomic E-state index is 0.0706. The molecule has 118 valence electrons. The number of urea groups is 1. The van der Waals surface area contributed by atoms with Crippen molar-refractivity contribution in [2.24, 2.45) is 16.8 Å². The lowest BCUT2D eigenvalue weighted by molar-refractivity contribution is -0.148. The van der Waals surface area contributed by atoms with Gasteiger partial charge in [-0.25, -0.2) is 9.79 Å². The zero-order valence-electron chi connectivity index (χ0n) is 12.9. The van der Waals surface area contributed by atoms with E-state index in [0.717, 1.165) is 0 Å². The number of ether oxygens (including phenoxy) is 1. The number of phenolic OH excluding ortho intramolecular Hbond substituents is 1. The average molecular weight is 304 g/mol. The number of aromatic hydroxyl groups is 1. The standard InChI is InChI=1S/C16H20N2O4/c1-9(2)8-22-15(20)13-10(3)17-16(21)18-14(13)11-5-4-6-12(19)7-11/h4-7,9,13-14,19H,8H2,1-3H3,(H,18,21). The second-order valence-electron chi connectivity index (χ2n) is 5.78. The topological polar surface area (TPSA) is 88.0 Å². The normalized spacial score (nSPS) is 21.3. The minimum atomic E-state index is -0.696. The third kappa shape index (κ3) is 3.63. The Hall–Kier alpha value is -2.37. The van der Waals surface area contributed by atoms with E-state index in [4.69, 9.17) is 4.74 Å². The van der Waals surface area contributed by atoms with Crippen LogP contribution in [0.3, 0.4) is 0 Å². The van der Waals surface area contributed by atoms with Gasteiger partial charge in [0.2, 0.25) is 0 Å². The van der Waals surface area contributed by atoms with E-state index in [0.29, 0.717) is 17.9 Å². The Morgan fingerprint density at radius 1 is 1.45 bits per heavy atom. The van der Waals surface area contributed by atoms with Gasteiger partial charge in [-0.15, -0.1) is 0 Å². The number of nitrogens with zero attached hydrogens (tertiary/aromatic N) is 1. The molecule has 0 fully saturated rings. The SMILES string of the molecule is CC1=NC(=O)NC(c2cccc(O)c2)C1C(=O)OCC(C)C. The smallest absolute Gasteiger partial charge is 0.341 e. The van der Waals surface area contributed by atoms with E-state index in [-0.39, 0.29) is 11.7 Å². The molecule has 6 heteroatoms. The van der Waals surface area contributed by atoms with Crippen molar-refractivity contribution in [3.63, 3.8) is 0 Å². The van der Waals surface area contributed by atoms with Crippen LogP contribution in [0.1, 0.15) is 32.4 Å². The molecule has 22 heavy (non-hydrogen) atoms. The van der Waals surface area contributed by atoms with Gasteiger partial charge in [0, 0.05) is 5.71 Å². The molecule has 1 aliphatic heterocycles. The maximum Gasteiger partial charge on any atom is 0.341 e. The summed E-state index contributed by atoms with van der Waals surface area (Å²) in [7, 11) is 0. The number of phenols is 1. The molecule has 2 unspecified atom stereocenters. The molecular weight excluding hydrogens is 284 g/mol. The Morgan fingerprint density at radius 3 is 2.82 bits per heavy atom. The summed E-state index contributed by atoms with van der Waals surface area (Å²) in [6.07, 6.45) is 0. The van der Waals surface area contributed by atoms with E-state index in [1.54, 1.807) is 19.1 Å². The fourth-order valence-corrected chi connectivity index (χ4v) is 2.36. The van der Waals surface area contributed by atoms with Gasteiger partial charge in [0.05, 0.1) is 12.6 Å². The van der Waals surface area contributed by atoms with Crippen LogP contribution in [0.25, 0.3) is 0 Å². The van der Waals surface area contributed by atoms with Gasteiger partial charge >= 0.3 is 12.0 Å². The van der Waals surface area contributed by atoms with Crippen molar-refractivity contribution in [2.75, 3.05) is 6.61 Å². The van der Waals surface area contributed by atoms with Gasteiger partial charge in [0.1, 0.15) is 11.7 Å². The summed E-state index contributed by atoms with van der Waals surface area (Å²) >= 11 is 0. The van der Waals surface area contributed by atoms with Crippen LogP contribution >= 0.6 is 0 Å². The van der Waals surface area contributed by atoms with Crippen molar-refractivity contribution in [1.29, 1.82) is 0 Å². The summed E-state index contributed by atoms with van der Waals surface area (Å²) in [5.41, 5.74) is 1.04. The molecular formula is C16H20N2O4. The number of carbonyl (C=O) groups excluding carboxylic acids is 2. The Kier molecular flexibility index (Phi) is 4.80. The van der Waals surface area contributed by atoms with Crippen molar-refractivity contribution in [1.82, 2.24) is 5.32 Å². The zero-order valence-corrected chi connectivity index (χ0v) is 12.9. The van der Waals surface area contributed by atoms with Crippen molar-refractivity contribution in [2.45, 2.75) is 26.8 Å². The average Bonchev–Trinajstić information content (AvgIpc) is 2.44. The van der Waals surface area contributed by atoms with Gasteiger partial charge in [0.15, 0.2) is 0 Å². The largest absolute Gasteiger partial charge is 0.508 e. The Balaban J connectivity index is 2.30. The molecule has 0 saturated heterocycles. The molecule has 0 aromatic heterocycles. The third-order valence-corrected chi connectivity index (χ3v) is 3.38. The van der Waals surface area contributed by atoms with E-state index in [9.17, 15) is 14.7 Å². The molecule has 2 amide bonds. The molecule has 1 aromatic rings. The Morgan fingerprint density at radius 2 is 2.18 bits per heavy atom. The summed E-state index contributed by atoms with van der Waals surface area (Å²) in [5, 5.41) is 12.3. The summed E-state index contributed by atoms with van der Waals surface area (Å²) in [6, 6.07) is 5.35. The zero-order chi connectivity index (χ0) is 16.3. The van der Waals surface area contributed by atoms with Gasteiger partial charge in [-0.3, -0.25) is 4.79 Å². The highest BCUT2D eigenvalue weighted by atomic mass is 16.5. The van der Waals surface area contributed by atoms with Crippen molar-refractivity contribution >= 4 is 17.7 Å². The highest BCUT2D eigenvalue weighted by Gasteiger charge is 2.38. The molecule has 1 heterocycles. The van der Waals surface area contributed by atoms with Crippen LogP contribution < -0.4 is 5.32 Å². The lowest BCUT2D eigenvalue weighted by atomic mass is 9.88. The molecule has 2 N–H and O–H groups in total. The summed E-state index contributed by atoms with van der Waals surface area (Å²) in [6.45, 7) is 5.84. The predicted octanol–water partition coefficient (Wildman–Crippen LogP) is 2.43. The van der Waals surface area contributed by atoms with E-state index in [1.165, 1.54) is 12.1 Å². The summed E-state index contributed by atoms with van der Waals surface area (Å²) in [5.74, 6) is -0.832. The van der Waals surface area contributed by atoms with Crippen molar-refractivity contribution < 1.29 is 19.4 Å². The maximum atomic E-state index is 12.4. The van der Waals surface area contributed by atoms with Crippen LogP contribution in [0.15, 0.2) is 29.3 Å². The highest BCUT2D eigenvalue weighted by Crippen LogP contribution is 2.29. The van der Waals surface area contributed by atoms with Crippen molar-refractivity contribution in [3.05, 3.63) is 29.8 Å². The quantitative estimate of drug-likeness (QED) is 0.836. The lowest BCUT2D eigenvalue weighted by Gasteiger charge is -2.30. The number of esters is 1. The lowest BCUT2D eigenvalue weighted by Crippen LogP contribution is -2.44. The van der Waals surface area contributed by atoms with E-state index < -0.39 is 24.0 Å². The van der Waals surface area contributed by atoms with E-state index in [2.05, 4.69) is 10.3 Å². The maximum absolute atomic E-state index is 12.4. The van der Waals surface area contributed by atoms with Gasteiger partial charge in [0.25, 0.3) is 0 Å². The molecule has 0 spiro atoms. The predicted molar refractivity (Wildman–Crippen MR) is 81.8 cm³/mol. The fourth-order valence-electron chi connectivity index (χ4n) is 2.36. The third-order valence-electron chi connectivity index (χ3n) is 3.38. The van der Waals surface area contributed by atoms with Crippen LogP contribution in [-0.4, -0.2) is 29.4 Å². The number of aliphatic imine (C=N–C) groups is 1. The fraction of sp³-hybridized carbons (Fsp3) is 0.438. The summed E-state index contributed by atoms with van der Waals surface area (Å²) < 4.78 is 5.30. The minimum Gasteiger partial charge on any atom is -0.508 e. The van der Waals surface area contributed by atoms with Crippen molar-refractivity contribution in [3.8, 4) is 5.75 Å². The van der Waals surface area contributed by atoms with Gasteiger partial charge in [-0.1, -0.05) is 26.0 Å². The number of hydrogen-bond acceptors (Lipinski definition) is 4. The number of amides is 2. The first-order chi connectivity index (χ1) is 10.4. The number of benzene rings is 1. The second kappa shape index (κ2) is 6.60. The highest BCUT2D eigenvalue weighted by molar-refractivity contribution is 6.08. The van der Waals surface area contributed by atoms with Gasteiger partial charge < -0.3 is 15.2 Å². The number of hydrogen-bond donors (Lipinski definition) is 2. The molecule has 2 atom stereocenters. The molecule has 0 saturated carbocycles. The monoisotopic (exact) mass is 304 g/mol. The Labute approximate surface area is 129 Å². The molecule has 2 rings (SSSR count). The van der Waals surface area contributed by atoms with Crippen LogP contribution in [0.5, 0.6) is 5.75 Å². The van der Waals surface area contributed by atoms with Crippen LogP contribution in [0.4, 0.5) is 4.79 Å². The first-order valence-electron chi connectivity index (χ1n) is 7.19. The molecule has 1 aliphatic rings. The molecule has 1 aromatic carbocycles. The molecule has 0 aliphatic carbocycles. The number of nitrogens with one attached hydrogen (secondary N) is 1. The second-order valence-corrected chi connectivity index (χ2v) is 5.78. The number of carbonyl (C=O) groups is 2. The summed E-state index contributed by atoms with van der Waals surface area (Å²) in [4.78, 5) is 27.8. The van der Waals surface area contributed by atoms with E-state index in [1.807, 2.05) is 13.8 Å². The van der Waals surface area contributed by atoms with E-state index >= 15 is 0 Å².